The molecule has 0 atom stereocenters. The summed E-state index contributed by atoms with van der Waals surface area (Å²) in [6.45, 7) is 1.85. The van der Waals surface area contributed by atoms with Crippen molar-refractivity contribution in [3.05, 3.63) is 53.2 Å². The largest absolute Gasteiger partial charge is 0.437 e. The number of aromatic nitrogens is 2. The van der Waals surface area contributed by atoms with Crippen molar-refractivity contribution in [2.75, 3.05) is 5.73 Å². The van der Waals surface area contributed by atoms with Crippen LogP contribution in [0, 0.1) is 6.92 Å². The lowest BCUT2D eigenvalue weighted by atomic mass is 10.3. The minimum atomic E-state index is 0.453. The quantitative estimate of drug-likeness (QED) is 0.724. The van der Waals surface area contributed by atoms with E-state index in [4.69, 9.17) is 22.1 Å². The Bertz CT molecular complexity index is 789. The zero-order valence-corrected chi connectivity index (χ0v) is 11.6. The maximum absolute atomic E-state index is 5.97. The summed E-state index contributed by atoms with van der Waals surface area (Å²) in [6, 6.07) is 12.8. The molecule has 1 heterocycles. The molecule has 0 radical (unpaired) electrons. The third-order valence-electron chi connectivity index (χ3n) is 2.89. The van der Waals surface area contributed by atoms with Gasteiger partial charge in [0.15, 0.2) is 0 Å². The number of rotatable bonds is 2. The summed E-state index contributed by atoms with van der Waals surface area (Å²) in [5, 5.41) is 0.453. The molecule has 0 bridgehead atoms. The molecule has 0 unspecified atom stereocenters. The summed E-state index contributed by atoms with van der Waals surface area (Å²) in [6.07, 6.45) is 0. The van der Waals surface area contributed by atoms with E-state index in [-0.39, 0.29) is 0 Å². The van der Waals surface area contributed by atoms with Crippen molar-refractivity contribution in [1.29, 1.82) is 0 Å². The molecular weight excluding hydrogens is 274 g/mol. The van der Waals surface area contributed by atoms with Crippen LogP contribution in [0.15, 0.2) is 42.5 Å². The van der Waals surface area contributed by atoms with Crippen molar-refractivity contribution in [1.82, 2.24) is 9.97 Å². The highest BCUT2D eigenvalue weighted by molar-refractivity contribution is 6.33. The lowest BCUT2D eigenvalue weighted by Gasteiger charge is -2.09. The van der Waals surface area contributed by atoms with Gasteiger partial charge in [-0.1, -0.05) is 23.7 Å². The van der Waals surface area contributed by atoms with Gasteiger partial charge >= 0.3 is 0 Å². The Kier molecular flexibility index (Phi) is 3.16. The molecule has 0 spiro atoms. The van der Waals surface area contributed by atoms with Crippen molar-refractivity contribution >= 4 is 28.3 Å². The van der Waals surface area contributed by atoms with Gasteiger partial charge in [-0.25, -0.2) is 9.97 Å². The summed E-state index contributed by atoms with van der Waals surface area (Å²) < 4.78 is 5.74. The summed E-state index contributed by atoms with van der Waals surface area (Å²) in [4.78, 5) is 8.93. The molecule has 100 valence electrons. The van der Waals surface area contributed by atoms with Gasteiger partial charge in [0.2, 0.25) is 5.88 Å². The number of aryl methyl sites for hydroxylation is 1. The molecule has 0 aliphatic carbocycles. The van der Waals surface area contributed by atoms with Crippen LogP contribution in [0.25, 0.3) is 11.0 Å². The van der Waals surface area contributed by atoms with E-state index in [1.165, 1.54) is 0 Å². The third kappa shape index (κ3) is 2.38. The van der Waals surface area contributed by atoms with Gasteiger partial charge in [0.25, 0.3) is 0 Å². The molecular formula is C15H12ClN3O. The van der Waals surface area contributed by atoms with Gasteiger partial charge < -0.3 is 10.5 Å². The molecule has 2 aromatic carbocycles. The van der Waals surface area contributed by atoms with Crippen LogP contribution < -0.4 is 10.5 Å². The first kappa shape index (κ1) is 12.7. The van der Waals surface area contributed by atoms with E-state index < -0.39 is 0 Å². The van der Waals surface area contributed by atoms with E-state index in [0.29, 0.717) is 22.3 Å². The highest BCUT2D eigenvalue weighted by Gasteiger charge is 2.08. The summed E-state index contributed by atoms with van der Waals surface area (Å²) in [7, 11) is 0. The predicted molar refractivity (Wildman–Crippen MR) is 80.2 cm³/mol. The summed E-state index contributed by atoms with van der Waals surface area (Å²) in [5.74, 6) is 1.04. The highest BCUT2D eigenvalue weighted by Crippen LogP contribution is 2.29. The molecule has 20 heavy (non-hydrogen) atoms. The number of benzene rings is 2. The fraction of sp³-hybridized carbons (Fsp3) is 0.0667. The summed E-state index contributed by atoms with van der Waals surface area (Å²) in [5.41, 5.74) is 8.53. The number of anilines is 1. The smallest absolute Gasteiger partial charge is 0.241 e. The zero-order chi connectivity index (χ0) is 14.1. The van der Waals surface area contributed by atoms with E-state index in [1.807, 2.05) is 31.2 Å². The Labute approximate surface area is 121 Å². The van der Waals surface area contributed by atoms with Crippen molar-refractivity contribution < 1.29 is 4.74 Å². The van der Waals surface area contributed by atoms with Gasteiger partial charge in [-0.05, 0) is 31.2 Å². The molecule has 0 aliphatic rings. The van der Waals surface area contributed by atoms with Crippen LogP contribution in [-0.2, 0) is 0 Å². The number of para-hydroxylation sites is 2. The number of nitrogens with two attached hydrogens (primary N) is 1. The number of ether oxygens (including phenoxy) is 1. The van der Waals surface area contributed by atoms with E-state index in [2.05, 4.69) is 9.97 Å². The topological polar surface area (TPSA) is 61.0 Å². The molecule has 4 nitrogen and oxygen atoms in total. The number of hydrogen-bond donors (Lipinski definition) is 1. The molecule has 5 heteroatoms. The van der Waals surface area contributed by atoms with E-state index in [1.54, 1.807) is 18.2 Å². The van der Waals surface area contributed by atoms with E-state index in [0.717, 1.165) is 16.7 Å². The molecule has 0 aliphatic heterocycles. The van der Waals surface area contributed by atoms with Gasteiger partial charge in [-0.2, -0.15) is 0 Å². The van der Waals surface area contributed by atoms with Crippen molar-refractivity contribution in [3.63, 3.8) is 0 Å². The van der Waals surface area contributed by atoms with E-state index >= 15 is 0 Å². The van der Waals surface area contributed by atoms with Gasteiger partial charge in [-0.15, -0.1) is 0 Å². The van der Waals surface area contributed by atoms with Crippen LogP contribution in [0.4, 0.5) is 5.69 Å². The molecule has 0 amide bonds. The van der Waals surface area contributed by atoms with Crippen LogP contribution >= 0.6 is 11.6 Å². The highest BCUT2D eigenvalue weighted by atomic mass is 35.5. The second-order valence-electron chi connectivity index (χ2n) is 4.39. The Morgan fingerprint density at radius 3 is 2.45 bits per heavy atom. The molecule has 3 rings (SSSR count). The second-order valence-corrected chi connectivity index (χ2v) is 4.80. The zero-order valence-electron chi connectivity index (χ0n) is 10.8. The standard InChI is InChI=1S/C15H12ClN3O/c1-9-15(19-14-5-3-2-4-13(14)18-9)20-10-6-7-12(17)11(16)8-10/h2-8H,17H2,1H3. The number of fused-ring (bicyclic) bond motifs is 1. The fourth-order valence-corrected chi connectivity index (χ4v) is 2.02. The minimum absolute atomic E-state index is 0.453. The monoisotopic (exact) mass is 285 g/mol. The van der Waals surface area contributed by atoms with Crippen molar-refractivity contribution in [2.24, 2.45) is 0 Å². The van der Waals surface area contributed by atoms with Crippen LogP contribution in [0.2, 0.25) is 5.02 Å². The van der Waals surface area contributed by atoms with Gasteiger partial charge in [0, 0.05) is 6.07 Å². The predicted octanol–water partition coefficient (Wildman–Crippen LogP) is 3.97. The van der Waals surface area contributed by atoms with Crippen molar-refractivity contribution in [2.45, 2.75) is 6.92 Å². The van der Waals surface area contributed by atoms with Crippen LogP contribution in [0.3, 0.4) is 0 Å². The molecule has 2 N–H and O–H groups in total. The second kappa shape index (κ2) is 4.98. The molecule has 0 saturated carbocycles. The molecule has 0 saturated heterocycles. The fourth-order valence-electron chi connectivity index (χ4n) is 1.85. The van der Waals surface area contributed by atoms with E-state index in [9.17, 15) is 0 Å². The average Bonchev–Trinajstić information content (AvgIpc) is 2.44. The third-order valence-corrected chi connectivity index (χ3v) is 3.22. The first-order valence-corrected chi connectivity index (χ1v) is 6.47. The molecule has 3 aromatic rings. The Morgan fingerprint density at radius 2 is 1.75 bits per heavy atom. The normalized spacial score (nSPS) is 10.7. The molecule has 0 fully saturated rings. The first-order valence-electron chi connectivity index (χ1n) is 6.10. The number of hydrogen-bond acceptors (Lipinski definition) is 4. The number of nitrogen functional groups attached to an aromatic ring is 1. The first-order chi connectivity index (χ1) is 9.63. The van der Waals surface area contributed by atoms with Gasteiger partial charge in [0.05, 0.1) is 21.7 Å². The Morgan fingerprint density at radius 1 is 1.05 bits per heavy atom. The SMILES string of the molecule is Cc1nc2ccccc2nc1Oc1ccc(N)c(Cl)c1. The lowest BCUT2D eigenvalue weighted by Crippen LogP contribution is -1.96. The van der Waals surface area contributed by atoms with Crippen molar-refractivity contribution in [3.8, 4) is 11.6 Å². The van der Waals surface area contributed by atoms with Gasteiger partial charge in [-0.3, -0.25) is 0 Å². The Balaban J connectivity index is 2.01. The lowest BCUT2D eigenvalue weighted by molar-refractivity contribution is 0.458. The van der Waals surface area contributed by atoms with Crippen LogP contribution in [0.5, 0.6) is 11.6 Å². The Hall–Kier alpha value is -2.33. The minimum Gasteiger partial charge on any atom is -0.437 e. The van der Waals surface area contributed by atoms with Crippen LogP contribution in [0.1, 0.15) is 5.69 Å². The molecule has 1 aromatic heterocycles. The average molecular weight is 286 g/mol. The maximum Gasteiger partial charge on any atom is 0.241 e. The number of halogens is 1. The van der Waals surface area contributed by atoms with Gasteiger partial charge in [0.1, 0.15) is 11.4 Å². The maximum atomic E-state index is 5.97. The number of nitrogens with zero attached hydrogens (tertiary/aromatic N) is 2. The van der Waals surface area contributed by atoms with Crippen LogP contribution in [-0.4, -0.2) is 9.97 Å². The summed E-state index contributed by atoms with van der Waals surface area (Å²) >= 11 is 5.97.